The largest absolute Gasteiger partial charge is 0.481 e. The number of fused-ring (bicyclic) bond motifs is 1. The number of aliphatic carboxylic acids is 1. The zero-order valence-electron chi connectivity index (χ0n) is 12.5. The molecule has 0 saturated carbocycles. The van der Waals surface area contributed by atoms with Crippen molar-refractivity contribution in [1.82, 2.24) is 0 Å². The van der Waals surface area contributed by atoms with Gasteiger partial charge >= 0.3 is 11.9 Å². The third kappa shape index (κ3) is 2.55. The Morgan fingerprint density at radius 3 is 2.81 bits per heavy atom. The Labute approximate surface area is 123 Å². The Balaban J connectivity index is 1.57. The number of ether oxygens (including phenoxy) is 3. The highest BCUT2D eigenvalue weighted by Crippen LogP contribution is 2.51. The smallest absolute Gasteiger partial charge is 0.314 e. The molecule has 0 aromatic carbocycles. The van der Waals surface area contributed by atoms with Gasteiger partial charge in [0.2, 0.25) is 0 Å². The van der Waals surface area contributed by atoms with Crippen LogP contribution in [0.25, 0.3) is 0 Å². The van der Waals surface area contributed by atoms with Crippen LogP contribution in [0.4, 0.5) is 0 Å². The molecule has 3 saturated heterocycles. The lowest BCUT2D eigenvalue weighted by Crippen LogP contribution is -2.37. The van der Waals surface area contributed by atoms with Crippen LogP contribution in [0.3, 0.4) is 0 Å². The van der Waals surface area contributed by atoms with Gasteiger partial charge < -0.3 is 19.3 Å². The van der Waals surface area contributed by atoms with Crippen molar-refractivity contribution in [1.29, 1.82) is 0 Å². The maximum atomic E-state index is 11.8. The molecule has 0 radical (unpaired) electrons. The Hall–Kier alpha value is -1.14. The van der Waals surface area contributed by atoms with Gasteiger partial charge in [0, 0.05) is 19.3 Å². The number of carbonyl (C=O) groups excluding carboxylic acids is 1. The van der Waals surface area contributed by atoms with Crippen molar-refractivity contribution in [3.05, 3.63) is 0 Å². The second-order valence-corrected chi connectivity index (χ2v) is 6.88. The zero-order valence-corrected chi connectivity index (χ0v) is 12.5. The highest BCUT2D eigenvalue weighted by Gasteiger charge is 2.63. The summed E-state index contributed by atoms with van der Waals surface area (Å²) in [6.07, 6.45) is 3.33. The maximum Gasteiger partial charge on any atom is 0.314 e. The molecule has 118 valence electrons. The Morgan fingerprint density at radius 1 is 1.38 bits per heavy atom. The van der Waals surface area contributed by atoms with Gasteiger partial charge in [0.1, 0.15) is 12.2 Å². The molecular weight excluding hydrogens is 276 g/mol. The van der Waals surface area contributed by atoms with Gasteiger partial charge in [-0.3, -0.25) is 9.59 Å². The molecule has 3 rings (SSSR count). The van der Waals surface area contributed by atoms with Gasteiger partial charge in [-0.15, -0.1) is 0 Å². The third-order valence-electron chi connectivity index (χ3n) is 4.83. The first-order chi connectivity index (χ1) is 9.82. The standard InChI is InChI=1S/C15H22O6/c1-14(2)12-10(19-13(14)18)8-15(21-12)7-6-9(20-15)4-3-5-11(16)17/h9-10,12H,3-8H2,1-2H3,(H,16,17)/t9-,10-,12+,15-/m1/s1. The van der Waals surface area contributed by atoms with E-state index in [-0.39, 0.29) is 30.7 Å². The molecule has 21 heavy (non-hydrogen) atoms. The summed E-state index contributed by atoms with van der Waals surface area (Å²) in [5, 5.41) is 8.67. The molecule has 0 unspecified atom stereocenters. The maximum absolute atomic E-state index is 11.8. The summed E-state index contributed by atoms with van der Waals surface area (Å²) < 4.78 is 17.6. The topological polar surface area (TPSA) is 82.1 Å². The zero-order chi connectivity index (χ0) is 15.3. The lowest BCUT2D eigenvalue weighted by molar-refractivity contribution is -0.228. The number of carbonyl (C=O) groups is 2. The van der Waals surface area contributed by atoms with E-state index >= 15 is 0 Å². The summed E-state index contributed by atoms with van der Waals surface area (Å²) in [5.74, 6) is -1.62. The molecule has 3 heterocycles. The van der Waals surface area contributed by atoms with E-state index in [0.29, 0.717) is 12.8 Å². The van der Waals surface area contributed by atoms with Crippen molar-refractivity contribution < 1.29 is 28.9 Å². The van der Waals surface area contributed by atoms with Crippen molar-refractivity contribution in [2.45, 2.75) is 76.5 Å². The summed E-state index contributed by atoms with van der Waals surface area (Å²) in [5.41, 5.74) is -0.626. The van der Waals surface area contributed by atoms with Crippen LogP contribution < -0.4 is 0 Å². The van der Waals surface area contributed by atoms with Crippen molar-refractivity contribution in [3.8, 4) is 0 Å². The molecular formula is C15H22O6. The third-order valence-corrected chi connectivity index (χ3v) is 4.83. The van der Waals surface area contributed by atoms with Crippen LogP contribution in [0.1, 0.15) is 52.4 Å². The number of rotatable bonds is 4. The van der Waals surface area contributed by atoms with Crippen LogP contribution in [0, 0.1) is 5.41 Å². The van der Waals surface area contributed by atoms with Gasteiger partial charge in [-0.2, -0.15) is 0 Å². The SMILES string of the molecule is CC1(C)C(=O)O[C@@H]2C[C@@]3(CC[C@@H](CCCC(=O)O)O3)O[C@@H]21. The van der Waals surface area contributed by atoms with E-state index in [9.17, 15) is 9.59 Å². The molecule has 0 aromatic rings. The van der Waals surface area contributed by atoms with Crippen LogP contribution in [0.2, 0.25) is 0 Å². The van der Waals surface area contributed by atoms with Crippen molar-refractivity contribution in [2.24, 2.45) is 5.41 Å². The molecule has 4 atom stereocenters. The van der Waals surface area contributed by atoms with Crippen LogP contribution in [-0.4, -0.2) is 41.1 Å². The molecule has 0 aliphatic carbocycles. The summed E-state index contributed by atoms with van der Waals surface area (Å²) in [7, 11) is 0. The second-order valence-electron chi connectivity index (χ2n) is 6.88. The van der Waals surface area contributed by atoms with Crippen LogP contribution in [0.15, 0.2) is 0 Å². The van der Waals surface area contributed by atoms with Crippen molar-refractivity contribution in [3.63, 3.8) is 0 Å². The Kier molecular flexibility index (Phi) is 3.48. The first-order valence-electron chi connectivity index (χ1n) is 7.61. The van der Waals surface area contributed by atoms with E-state index in [1.165, 1.54) is 0 Å². The van der Waals surface area contributed by atoms with Gasteiger partial charge in [-0.05, 0) is 33.1 Å². The number of carboxylic acid groups (broad SMARTS) is 1. The molecule has 1 spiro atoms. The molecule has 6 nitrogen and oxygen atoms in total. The van der Waals surface area contributed by atoms with E-state index in [4.69, 9.17) is 19.3 Å². The summed E-state index contributed by atoms with van der Waals surface area (Å²) >= 11 is 0. The minimum absolute atomic E-state index is 0.0435. The fourth-order valence-electron chi connectivity index (χ4n) is 3.61. The number of esters is 1. The van der Waals surface area contributed by atoms with Gasteiger partial charge in [-0.25, -0.2) is 0 Å². The highest BCUT2D eigenvalue weighted by molar-refractivity contribution is 5.79. The monoisotopic (exact) mass is 298 g/mol. The highest BCUT2D eigenvalue weighted by atomic mass is 16.7. The van der Waals surface area contributed by atoms with Gasteiger partial charge in [-0.1, -0.05) is 0 Å². The van der Waals surface area contributed by atoms with Crippen molar-refractivity contribution in [2.75, 3.05) is 0 Å². The average Bonchev–Trinajstić information content (AvgIpc) is 2.99. The quantitative estimate of drug-likeness (QED) is 0.798. The van der Waals surface area contributed by atoms with Crippen LogP contribution in [0.5, 0.6) is 0 Å². The molecule has 6 heteroatoms. The molecule has 1 N–H and O–H groups in total. The predicted octanol–water partition coefficient (Wildman–Crippen LogP) is 1.86. The van der Waals surface area contributed by atoms with E-state index < -0.39 is 17.2 Å². The Bertz CT molecular complexity index is 459. The molecule has 0 amide bonds. The molecule has 0 aromatic heterocycles. The summed E-state index contributed by atoms with van der Waals surface area (Å²) in [6, 6.07) is 0. The fraction of sp³-hybridized carbons (Fsp3) is 0.867. The van der Waals surface area contributed by atoms with E-state index in [1.807, 2.05) is 13.8 Å². The molecule has 0 bridgehead atoms. The number of carboxylic acids is 1. The minimum Gasteiger partial charge on any atom is -0.481 e. The summed E-state index contributed by atoms with van der Waals surface area (Å²) in [6.45, 7) is 3.69. The molecule has 3 fully saturated rings. The van der Waals surface area contributed by atoms with Gasteiger partial charge in [0.05, 0.1) is 11.5 Å². The average molecular weight is 298 g/mol. The van der Waals surface area contributed by atoms with E-state index in [1.54, 1.807) is 0 Å². The minimum atomic E-state index is -0.775. The first-order valence-corrected chi connectivity index (χ1v) is 7.61. The van der Waals surface area contributed by atoms with E-state index in [2.05, 4.69) is 0 Å². The number of hydrogen-bond acceptors (Lipinski definition) is 5. The number of hydrogen-bond donors (Lipinski definition) is 1. The van der Waals surface area contributed by atoms with Crippen LogP contribution in [-0.2, 0) is 23.8 Å². The molecule has 3 aliphatic heterocycles. The van der Waals surface area contributed by atoms with Crippen molar-refractivity contribution >= 4 is 11.9 Å². The van der Waals surface area contributed by atoms with Gasteiger partial charge in [0.25, 0.3) is 0 Å². The fourth-order valence-corrected chi connectivity index (χ4v) is 3.61. The van der Waals surface area contributed by atoms with Crippen LogP contribution >= 0.6 is 0 Å². The normalized spacial score (nSPS) is 40.5. The van der Waals surface area contributed by atoms with Gasteiger partial charge in [0.15, 0.2) is 5.79 Å². The predicted molar refractivity (Wildman–Crippen MR) is 71.5 cm³/mol. The Morgan fingerprint density at radius 2 is 2.14 bits per heavy atom. The lowest BCUT2D eigenvalue weighted by Gasteiger charge is -2.28. The van der Waals surface area contributed by atoms with E-state index in [0.717, 1.165) is 19.3 Å². The molecule has 3 aliphatic rings. The lowest BCUT2D eigenvalue weighted by atomic mass is 9.87. The first kappa shape index (κ1) is 14.8. The summed E-state index contributed by atoms with van der Waals surface area (Å²) in [4.78, 5) is 22.3. The second kappa shape index (κ2) is 4.95.